The molecule has 1 amide bonds. The number of ketones is 1. The summed E-state index contributed by atoms with van der Waals surface area (Å²) in [5.74, 6) is -1.12. The lowest BCUT2D eigenvalue weighted by atomic mass is 9.90. The molecule has 0 bridgehead atoms. The number of methoxy groups -OCH3 is 1. The molecular formula is C22H21ClFNO3. The molecule has 1 atom stereocenters. The number of carbonyl (C=O) groups excluding carboxylic acids is 2. The van der Waals surface area contributed by atoms with Gasteiger partial charge in [0.05, 0.1) is 7.11 Å². The van der Waals surface area contributed by atoms with Crippen LogP contribution in [0.3, 0.4) is 0 Å². The van der Waals surface area contributed by atoms with E-state index in [1.807, 2.05) is 12.1 Å². The smallest absolute Gasteiger partial charge is 0.246 e. The first kappa shape index (κ1) is 20.1. The Hall–Kier alpha value is -2.66. The van der Waals surface area contributed by atoms with Crippen molar-refractivity contribution in [3.8, 4) is 5.75 Å². The number of carbonyl (C=O) groups is 2. The Morgan fingerprint density at radius 3 is 2.79 bits per heavy atom. The fourth-order valence-electron chi connectivity index (χ4n) is 3.33. The van der Waals surface area contributed by atoms with Crippen molar-refractivity contribution < 1.29 is 18.7 Å². The average molecular weight is 402 g/mol. The predicted octanol–water partition coefficient (Wildman–Crippen LogP) is 4.62. The maximum Gasteiger partial charge on any atom is 0.246 e. The zero-order valence-corrected chi connectivity index (χ0v) is 16.3. The third kappa shape index (κ3) is 4.78. The fraction of sp³-hybridized carbons (Fsp3) is 0.273. The van der Waals surface area contributed by atoms with E-state index in [9.17, 15) is 14.0 Å². The molecule has 1 saturated heterocycles. The van der Waals surface area contributed by atoms with Gasteiger partial charge in [0.15, 0.2) is 17.3 Å². The van der Waals surface area contributed by atoms with Gasteiger partial charge in [-0.2, -0.15) is 0 Å². The molecule has 2 aromatic carbocycles. The molecule has 0 aromatic heterocycles. The molecule has 2 aromatic rings. The van der Waals surface area contributed by atoms with E-state index in [2.05, 4.69) is 0 Å². The number of hydrogen-bond acceptors (Lipinski definition) is 3. The number of rotatable bonds is 5. The number of likely N-dealkylation sites (tertiary alicyclic amines) is 1. The summed E-state index contributed by atoms with van der Waals surface area (Å²) in [7, 11) is 1.38. The van der Waals surface area contributed by atoms with Crippen LogP contribution < -0.4 is 4.74 Å². The van der Waals surface area contributed by atoms with E-state index in [1.165, 1.54) is 25.3 Å². The first-order valence-corrected chi connectivity index (χ1v) is 9.46. The summed E-state index contributed by atoms with van der Waals surface area (Å²) in [6.07, 6.45) is 4.60. The molecule has 1 aliphatic heterocycles. The SMILES string of the molecule is COc1ccc(C(=O)[C@@H]2CCCN(C(=O)/C=C/c3cccc(Cl)c3)C2)cc1F. The van der Waals surface area contributed by atoms with Gasteiger partial charge in [-0.1, -0.05) is 23.7 Å². The number of halogens is 2. The van der Waals surface area contributed by atoms with E-state index in [0.717, 1.165) is 12.0 Å². The molecule has 1 heterocycles. The summed E-state index contributed by atoms with van der Waals surface area (Å²) in [5, 5.41) is 0.602. The van der Waals surface area contributed by atoms with Gasteiger partial charge in [-0.15, -0.1) is 0 Å². The standard InChI is InChI=1S/C22H21ClFNO3/c1-28-20-9-8-16(13-19(20)24)22(27)17-5-3-11-25(14-17)21(26)10-7-15-4-2-6-18(23)12-15/h2,4,6-10,12-13,17H,3,5,11,14H2,1H3/b10-7+/t17-/m1/s1. The molecule has 0 unspecified atom stereocenters. The van der Waals surface area contributed by atoms with E-state index < -0.39 is 5.82 Å². The van der Waals surface area contributed by atoms with Gasteiger partial charge in [0.2, 0.25) is 5.91 Å². The highest BCUT2D eigenvalue weighted by molar-refractivity contribution is 6.30. The lowest BCUT2D eigenvalue weighted by Crippen LogP contribution is -2.41. The Kier molecular flexibility index (Phi) is 6.47. The van der Waals surface area contributed by atoms with Crippen molar-refractivity contribution >= 4 is 29.4 Å². The lowest BCUT2D eigenvalue weighted by Gasteiger charge is -2.31. The Morgan fingerprint density at radius 1 is 1.25 bits per heavy atom. The number of nitrogens with zero attached hydrogens (tertiary/aromatic N) is 1. The Balaban J connectivity index is 1.67. The summed E-state index contributed by atoms with van der Waals surface area (Å²) in [4.78, 5) is 26.9. The minimum Gasteiger partial charge on any atom is -0.494 e. The maximum absolute atomic E-state index is 13.9. The second-order valence-electron chi connectivity index (χ2n) is 6.73. The van der Waals surface area contributed by atoms with Crippen LogP contribution >= 0.6 is 11.6 Å². The summed E-state index contributed by atoms with van der Waals surface area (Å²) in [6, 6.07) is 11.4. The van der Waals surface area contributed by atoms with Gasteiger partial charge in [0.1, 0.15) is 0 Å². The van der Waals surface area contributed by atoms with E-state index in [4.69, 9.17) is 16.3 Å². The first-order valence-electron chi connectivity index (χ1n) is 9.08. The van der Waals surface area contributed by atoms with E-state index in [-0.39, 0.29) is 23.4 Å². The second kappa shape index (κ2) is 9.02. The summed E-state index contributed by atoms with van der Waals surface area (Å²) >= 11 is 5.95. The van der Waals surface area contributed by atoms with Gasteiger partial charge < -0.3 is 9.64 Å². The van der Waals surface area contributed by atoms with Crippen molar-refractivity contribution in [3.05, 3.63) is 70.5 Å². The van der Waals surface area contributed by atoms with Crippen molar-refractivity contribution in [3.63, 3.8) is 0 Å². The van der Waals surface area contributed by atoms with Crippen LogP contribution in [-0.2, 0) is 4.79 Å². The Labute approximate surface area is 168 Å². The molecule has 4 nitrogen and oxygen atoms in total. The molecule has 0 radical (unpaired) electrons. The number of amides is 1. The van der Waals surface area contributed by atoms with Gasteiger partial charge in [0, 0.05) is 35.7 Å². The fourth-order valence-corrected chi connectivity index (χ4v) is 3.53. The highest BCUT2D eigenvalue weighted by atomic mass is 35.5. The number of piperidine rings is 1. The van der Waals surface area contributed by atoms with Crippen LogP contribution in [0.2, 0.25) is 5.02 Å². The highest BCUT2D eigenvalue weighted by Crippen LogP contribution is 2.24. The molecule has 0 N–H and O–H groups in total. The summed E-state index contributed by atoms with van der Waals surface area (Å²) in [5.41, 5.74) is 1.13. The number of Topliss-reactive ketones (excluding diaryl/α,β-unsaturated/α-hetero) is 1. The Bertz CT molecular complexity index is 912. The number of benzene rings is 2. The van der Waals surface area contributed by atoms with Crippen LogP contribution in [0.4, 0.5) is 4.39 Å². The maximum atomic E-state index is 13.9. The molecule has 146 valence electrons. The van der Waals surface area contributed by atoms with Crippen molar-refractivity contribution in [1.82, 2.24) is 4.90 Å². The van der Waals surface area contributed by atoms with Crippen LogP contribution in [0.15, 0.2) is 48.5 Å². The molecule has 0 aliphatic carbocycles. The minimum absolute atomic E-state index is 0.100. The number of hydrogen-bond donors (Lipinski definition) is 0. The average Bonchev–Trinajstić information content (AvgIpc) is 2.71. The molecule has 3 rings (SSSR count). The van der Waals surface area contributed by atoms with Crippen molar-refractivity contribution in [2.24, 2.45) is 5.92 Å². The van der Waals surface area contributed by atoms with Crippen LogP contribution in [0.1, 0.15) is 28.8 Å². The van der Waals surface area contributed by atoms with Crippen LogP contribution in [0.5, 0.6) is 5.75 Å². The van der Waals surface area contributed by atoms with Crippen molar-refractivity contribution in [1.29, 1.82) is 0 Å². The van der Waals surface area contributed by atoms with Crippen LogP contribution in [0, 0.1) is 11.7 Å². The van der Waals surface area contributed by atoms with Gasteiger partial charge in [-0.05, 0) is 54.8 Å². The third-order valence-electron chi connectivity index (χ3n) is 4.81. The zero-order chi connectivity index (χ0) is 20.1. The molecule has 1 aliphatic rings. The lowest BCUT2D eigenvalue weighted by molar-refractivity contribution is -0.127. The predicted molar refractivity (Wildman–Crippen MR) is 107 cm³/mol. The molecular weight excluding hydrogens is 381 g/mol. The van der Waals surface area contributed by atoms with Gasteiger partial charge in [-0.3, -0.25) is 9.59 Å². The largest absolute Gasteiger partial charge is 0.494 e. The van der Waals surface area contributed by atoms with Gasteiger partial charge >= 0.3 is 0 Å². The molecule has 0 saturated carbocycles. The topological polar surface area (TPSA) is 46.6 Å². The molecule has 1 fully saturated rings. The molecule has 28 heavy (non-hydrogen) atoms. The zero-order valence-electron chi connectivity index (χ0n) is 15.5. The number of ether oxygens (including phenoxy) is 1. The molecule has 0 spiro atoms. The van der Waals surface area contributed by atoms with E-state index in [1.54, 1.807) is 29.2 Å². The van der Waals surface area contributed by atoms with Gasteiger partial charge in [0.25, 0.3) is 0 Å². The third-order valence-corrected chi connectivity index (χ3v) is 5.04. The van der Waals surface area contributed by atoms with Gasteiger partial charge in [-0.25, -0.2) is 4.39 Å². The van der Waals surface area contributed by atoms with E-state index in [0.29, 0.717) is 30.1 Å². The Morgan fingerprint density at radius 2 is 2.07 bits per heavy atom. The normalized spacial score (nSPS) is 17.0. The van der Waals surface area contributed by atoms with E-state index >= 15 is 0 Å². The van der Waals surface area contributed by atoms with Crippen molar-refractivity contribution in [2.75, 3.05) is 20.2 Å². The van der Waals surface area contributed by atoms with Crippen LogP contribution in [-0.4, -0.2) is 36.8 Å². The summed E-state index contributed by atoms with van der Waals surface area (Å²) < 4.78 is 18.8. The van der Waals surface area contributed by atoms with Crippen LogP contribution in [0.25, 0.3) is 6.08 Å². The summed E-state index contributed by atoms with van der Waals surface area (Å²) in [6.45, 7) is 0.921. The second-order valence-corrected chi connectivity index (χ2v) is 7.16. The van der Waals surface area contributed by atoms with Crippen molar-refractivity contribution in [2.45, 2.75) is 12.8 Å². The quantitative estimate of drug-likeness (QED) is 0.542. The minimum atomic E-state index is -0.568. The monoisotopic (exact) mass is 401 g/mol. The highest BCUT2D eigenvalue weighted by Gasteiger charge is 2.28. The first-order chi connectivity index (χ1) is 13.5. The molecule has 6 heteroatoms.